The Hall–Kier alpha value is -3.52. The molecule has 0 N–H and O–H groups in total. The molecule has 1 aliphatic heterocycles. The molecule has 0 radical (unpaired) electrons. The van der Waals surface area contributed by atoms with E-state index in [1.54, 1.807) is 35.0 Å². The van der Waals surface area contributed by atoms with E-state index >= 15 is 0 Å². The molecule has 0 spiro atoms. The Labute approximate surface area is 205 Å². The number of piperidine rings is 1. The Bertz CT molecular complexity index is 1130. The normalized spacial score (nSPS) is 15.1. The minimum atomic E-state index is -0.281. The molecule has 1 atom stereocenters. The highest BCUT2D eigenvalue weighted by Gasteiger charge is 2.33. The molecule has 1 aliphatic rings. The first-order chi connectivity index (χ1) is 17.0. The molecule has 0 bridgehead atoms. The van der Waals surface area contributed by atoms with Crippen LogP contribution in [-0.2, 0) is 16.0 Å². The highest BCUT2D eigenvalue weighted by Crippen LogP contribution is 2.28. The molecule has 35 heavy (non-hydrogen) atoms. The van der Waals surface area contributed by atoms with Crippen molar-refractivity contribution in [1.82, 2.24) is 19.6 Å². The van der Waals surface area contributed by atoms with Crippen LogP contribution in [0.1, 0.15) is 28.8 Å². The topological polar surface area (TPSA) is 67.7 Å². The molecule has 2 heterocycles. The maximum Gasteiger partial charge on any atom is 0.256 e. The van der Waals surface area contributed by atoms with Crippen molar-refractivity contribution in [3.63, 3.8) is 0 Å². The smallest absolute Gasteiger partial charge is 0.256 e. The molecule has 8 heteroatoms. The van der Waals surface area contributed by atoms with Crippen LogP contribution in [0.5, 0.6) is 0 Å². The molecule has 1 aromatic heterocycles. The van der Waals surface area contributed by atoms with Gasteiger partial charge in [-0.25, -0.2) is 9.07 Å². The van der Waals surface area contributed by atoms with Gasteiger partial charge in [-0.2, -0.15) is 5.10 Å². The third-order valence-corrected chi connectivity index (χ3v) is 6.77. The summed E-state index contributed by atoms with van der Waals surface area (Å²) in [6.45, 7) is 1.21. The number of benzene rings is 2. The number of likely N-dealkylation sites (tertiary alicyclic amines) is 1. The first-order valence-electron chi connectivity index (χ1n) is 11.8. The molecule has 7 nitrogen and oxygen atoms in total. The second-order valence-electron chi connectivity index (χ2n) is 8.93. The molecule has 0 aliphatic carbocycles. The van der Waals surface area contributed by atoms with Gasteiger partial charge in [-0.05, 0) is 61.1 Å². The lowest BCUT2D eigenvalue weighted by atomic mass is 9.84. The maximum atomic E-state index is 13.4. The molecule has 184 valence electrons. The second kappa shape index (κ2) is 11.3. The van der Waals surface area contributed by atoms with Crippen LogP contribution in [0.3, 0.4) is 0 Å². The average Bonchev–Trinajstić information content (AvgIpc) is 3.43. The number of ether oxygens (including phenoxy) is 1. The van der Waals surface area contributed by atoms with Crippen LogP contribution < -0.4 is 0 Å². The monoisotopic (exact) mass is 478 g/mol. The lowest BCUT2D eigenvalue weighted by Gasteiger charge is -2.40. The van der Waals surface area contributed by atoms with E-state index in [2.05, 4.69) is 5.10 Å². The molecule has 0 saturated carbocycles. The number of halogens is 1. The van der Waals surface area contributed by atoms with Gasteiger partial charge in [0, 0.05) is 45.7 Å². The quantitative estimate of drug-likeness (QED) is 0.496. The van der Waals surface area contributed by atoms with Gasteiger partial charge in [0.05, 0.1) is 11.3 Å². The number of likely N-dealkylation sites (N-methyl/N-ethyl adjacent to an activating group) is 1. The first kappa shape index (κ1) is 24.6. The van der Waals surface area contributed by atoms with Crippen LogP contribution in [0.2, 0.25) is 0 Å². The van der Waals surface area contributed by atoms with E-state index in [4.69, 9.17) is 4.74 Å². The van der Waals surface area contributed by atoms with Gasteiger partial charge >= 0.3 is 0 Å². The van der Waals surface area contributed by atoms with E-state index < -0.39 is 0 Å². The van der Waals surface area contributed by atoms with Crippen molar-refractivity contribution in [2.24, 2.45) is 5.92 Å². The second-order valence-corrected chi connectivity index (χ2v) is 8.93. The zero-order chi connectivity index (χ0) is 24.8. The summed E-state index contributed by atoms with van der Waals surface area (Å²) in [5.41, 5.74) is 2.34. The van der Waals surface area contributed by atoms with Gasteiger partial charge in [0.25, 0.3) is 5.91 Å². The van der Waals surface area contributed by atoms with Crippen LogP contribution in [0.15, 0.2) is 67.0 Å². The van der Waals surface area contributed by atoms with E-state index in [1.807, 2.05) is 41.4 Å². The minimum absolute atomic E-state index is 0.0119. The maximum absolute atomic E-state index is 13.4. The van der Waals surface area contributed by atoms with Crippen LogP contribution in [0.25, 0.3) is 5.69 Å². The first-order valence-corrected chi connectivity index (χ1v) is 11.8. The van der Waals surface area contributed by atoms with Gasteiger partial charge in [0.2, 0.25) is 5.91 Å². The molecule has 0 unspecified atom stereocenters. The summed E-state index contributed by atoms with van der Waals surface area (Å²) < 4.78 is 20.2. The standard InChI is InChI=1S/C27H31FN4O3/c1-30(26(33)19-35-2)25(18-20-8-10-22(28)11-9-20)21-12-16-31(17-13-21)27(34)23-6-3-4-7-24(23)32-15-5-14-29-32/h3-11,14-15,21,25H,12-13,16-19H2,1-2H3/t25-/m0/s1. The Morgan fingerprint density at radius 2 is 1.83 bits per heavy atom. The lowest BCUT2D eigenvalue weighted by Crippen LogP contribution is -2.49. The highest BCUT2D eigenvalue weighted by molar-refractivity contribution is 5.97. The molecule has 1 fully saturated rings. The highest BCUT2D eigenvalue weighted by atomic mass is 19.1. The molecule has 1 saturated heterocycles. The number of para-hydroxylation sites is 1. The SMILES string of the molecule is COCC(=O)N(C)[C@@H](Cc1ccc(F)cc1)C1CCN(C(=O)c2ccccc2-n2cccn2)CC1. The van der Waals surface area contributed by atoms with Crippen LogP contribution in [0, 0.1) is 11.7 Å². The van der Waals surface area contributed by atoms with E-state index in [-0.39, 0.29) is 36.2 Å². The van der Waals surface area contributed by atoms with E-state index in [9.17, 15) is 14.0 Å². The number of carbonyl (C=O) groups is 2. The number of amides is 2. The molecular weight excluding hydrogens is 447 g/mol. The molecule has 2 amide bonds. The molecule has 3 aromatic rings. The summed E-state index contributed by atoms with van der Waals surface area (Å²) in [4.78, 5) is 29.7. The zero-order valence-electron chi connectivity index (χ0n) is 20.1. The largest absolute Gasteiger partial charge is 0.375 e. The van der Waals surface area contributed by atoms with Gasteiger partial charge < -0.3 is 14.5 Å². The van der Waals surface area contributed by atoms with Crippen LogP contribution >= 0.6 is 0 Å². The van der Waals surface area contributed by atoms with Crippen LogP contribution in [0.4, 0.5) is 4.39 Å². The Morgan fingerprint density at radius 3 is 2.49 bits per heavy atom. The Kier molecular flexibility index (Phi) is 7.92. The average molecular weight is 479 g/mol. The zero-order valence-corrected chi connectivity index (χ0v) is 20.1. The van der Waals surface area contributed by atoms with E-state index in [0.717, 1.165) is 24.1 Å². The van der Waals surface area contributed by atoms with E-state index in [1.165, 1.54) is 19.2 Å². The third kappa shape index (κ3) is 5.77. The Balaban J connectivity index is 1.48. The summed E-state index contributed by atoms with van der Waals surface area (Å²) >= 11 is 0. The molecular formula is C27H31FN4O3. The summed E-state index contributed by atoms with van der Waals surface area (Å²) in [6.07, 6.45) is 5.67. The van der Waals surface area contributed by atoms with Gasteiger partial charge in [-0.1, -0.05) is 24.3 Å². The number of methoxy groups -OCH3 is 1. The Morgan fingerprint density at radius 1 is 1.11 bits per heavy atom. The van der Waals surface area contributed by atoms with Crippen molar-refractivity contribution in [3.05, 3.63) is 83.9 Å². The third-order valence-electron chi connectivity index (χ3n) is 6.77. The van der Waals surface area contributed by atoms with E-state index in [0.29, 0.717) is 25.1 Å². The number of aromatic nitrogens is 2. The van der Waals surface area contributed by atoms with Crippen molar-refractivity contribution in [2.75, 3.05) is 33.9 Å². The predicted molar refractivity (Wildman–Crippen MR) is 131 cm³/mol. The molecule has 4 rings (SSSR count). The number of hydrogen-bond acceptors (Lipinski definition) is 4. The van der Waals surface area contributed by atoms with Crippen molar-refractivity contribution in [2.45, 2.75) is 25.3 Å². The minimum Gasteiger partial charge on any atom is -0.375 e. The summed E-state index contributed by atoms with van der Waals surface area (Å²) in [6, 6.07) is 15.7. The van der Waals surface area contributed by atoms with Gasteiger partial charge in [0.15, 0.2) is 0 Å². The summed E-state index contributed by atoms with van der Waals surface area (Å²) in [7, 11) is 3.30. The van der Waals surface area contributed by atoms with Crippen molar-refractivity contribution < 1.29 is 18.7 Å². The van der Waals surface area contributed by atoms with Crippen molar-refractivity contribution in [3.8, 4) is 5.69 Å². The van der Waals surface area contributed by atoms with Crippen molar-refractivity contribution in [1.29, 1.82) is 0 Å². The van der Waals surface area contributed by atoms with Gasteiger partial charge in [-0.15, -0.1) is 0 Å². The lowest BCUT2D eigenvalue weighted by molar-refractivity contribution is -0.137. The van der Waals surface area contributed by atoms with Gasteiger partial charge in [-0.3, -0.25) is 9.59 Å². The summed E-state index contributed by atoms with van der Waals surface area (Å²) in [5, 5.41) is 4.28. The number of rotatable bonds is 8. The number of hydrogen-bond donors (Lipinski definition) is 0. The fourth-order valence-electron chi connectivity index (χ4n) is 4.82. The van der Waals surface area contributed by atoms with Crippen LogP contribution in [-0.4, -0.2) is 71.3 Å². The molecule has 2 aromatic carbocycles. The predicted octanol–water partition coefficient (Wildman–Crippen LogP) is 3.58. The number of nitrogens with zero attached hydrogens (tertiary/aromatic N) is 4. The van der Waals surface area contributed by atoms with Gasteiger partial charge in [0.1, 0.15) is 12.4 Å². The number of carbonyl (C=O) groups excluding carboxylic acids is 2. The fraction of sp³-hybridized carbons (Fsp3) is 0.370. The summed E-state index contributed by atoms with van der Waals surface area (Å²) in [5.74, 6) is -0.188. The fourth-order valence-corrected chi connectivity index (χ4v) is 4.82. The van der Waals surface area contributed by atoms with Crippen molar-refractivity contribution >= 4 is 11.8 Å².